The Kier molecular flexibility index (Phi) is 3.55. The quantitative estimate of drug-likeness (QED) is 0.875. The molecule has 0 unspecified atom stereocenters. The highest BCUT2D eigenvalue weighted by Crippen LogP contribution is 2.07. The summed E-state index contributed by atoms with van der Waals surface area (Å²) in [6.45, 7) is 1.46. The molecule has 17 heavy (non-hydrogen) atoms. The lowest BCUT2D eigenvalue weighted by molar-refractivity contribution is 0.628. The SMILES string of the molecule is O=c1ccn(CCNc2ccc(F)cc2)cc1. The average molecular weight is 232 g/mol. The summed E-state index contributed by atoms with van der Waals surface area (Å²) in [5.41, 5.74) is 0.889. The minimum Gasteiger partial charge on any atom is -0.383 e. The predicted molar refractivity (Wildman–Crippen MR) is 65.6 cm³/mol. The van der Waals surface area contributed by atoms with Crippen molar-refractivity contribution in [2.24, 2.45) is 0 Å². The van der Waals surface area contributed by atoms with Gasteiger partial charge in [0, 0.05) is 43.3 Å². The van der Waals surface area contributed by atoms with Gasteiger partial charge in [-0.15, -0.1) is 0 Å². The molecule has 0 spiro atoms. The van der Waals surface area contributed by atoms with E-state index in [1.165, 1.54) is 24.3 Å². The van der Waals surface area contributed by atoms with E-state index in [1.807, 2.05) is 4.57 Å². The van der Waals surface area contributed by atoms with E-state index in [9.17, 15) is 9.18 Å². The number of pyridine rings is 1. The summed E-state index contributed by atoms with van der Waals surface area (Å²) in [4.78, 5) is 10.9. The highest BCUT2D eigenvalue weighted by molar-refractivity contribution is 5.42. The zero-order valence-electron chi connectivity index (χ0n) is 9.27. The molecule has 0 aliphatic carbocycles. The fourth-order valence-electron chi connectivity index (χ4n) is 1.49. The molecule has 0 atom stereocenters. The predicted octanol–water partition coefficient (Wildman–Crippen LogP) is 2.10. The molecular formula is C13H13FN2O. The van der Waals surface area contributed by atoms with Crippen molar-refractivity contribution in [3.05, 3.63) is 64.8 Å². The van der Waals surface area contributed by atoms with Crippen LogP contribution in [0.5, 0.6) is 0 Å². The summed E-state index contributed by atoms with van der Waals surface area (Å²) < 4.78 is 14.6. The van der Waals surface area contributed by atoms with Crippen LogP contribution in [0.25, 0.3) is 0 Å². The fourth-order valence-corrected chi connectivity index (χ4v) is 1.49. The molecule has 1 N–H and O–H groups in total. The third kappa shape index (κ3) is 3.45. The average Bonchev–Trinajstić information content (AvgIpc) is 2.34. The monoisotopic (exact) mass is 232 g/mol. The Morgan fingerprint density at radius 3 is 2.35 bits per heavy atom. The van der Waals surface area contributed by atoms with Gasteiger partial charge in [0.2, 0.25) is 0 Å². The van der Waals surface area contributed by atoms with Gasteiger partial charge in [-0.1, -0.05) is 0 Å². The molecule has 0 saturated carbocycles. The van der Waals surface area contributed by atoms with Crippen molar-refractivity contribution >= 4 is 5.69 Å². The molecule has 2 aromatic rings. The Morgan fingerprint density at radius 1 is 1.06 bits per heavy atom. The normalized spacial score (nSPS) is 10.2. The first-order chi connectivity index (χ1) is 8.24. The molecule has 3 nitrogen and oxygen atoms in total. The molecule has 4 heteroatoms. The van der Waals surface area contributed by atoms with Gasteiger partial charge >= 0.3 is 0 Å². The standard InChI is InChI=1S/C13H13FN2O/c14-11-1-3-12(4-2-11)15-7-10-16-8-5-13(17)6-9-16/h1-6,8-9,15H,7,10H2. The number of benzene rings is 1. The van der Waals surface area contributed by atoms with E-state index in [0.29, 0.717) is 6.54 Å². The fraction of sp³-hybridized carbons (Fsp3) is 0.154. The number of hydrogen-bond donors (Lipinski definition) is 1. The van der Waals surface area contributed by atoms with Crippen LogP contribution in [0.1, 0.15) is 0 Å². The van der Waals surface area contributed by atoms with E-state index in [4.69, 9.17) is 0 Å². The van der Waals surface area contributed by atoms with Gasteiger partial charge in [0.1, 0.15) is 5.82 Å². The summed E-state index contributed by atoms with van der Waals surface area (Å²) in [6.07, 6.45) is 3.49. The molecule has 0 amide bonds. The summed E-state index contributed by atoms with van der Waals surface area (Å²) in [6, 6.07) is 9.28. The van der Waals surface area contributed by atoms with Crippen molar-refractivity contribution in [1.29, 1.82) is 0 Å². The van der Waals surface area contributed by atoms with Crippen molar-refractivity contribution in [2.75, 3.05) is 11.9 Å². The highest BCUT2D eigenvalue weighted by Gasteiger charge is 1.93. The number of anilines is 1. The van der Waals surface area contributed by atoms with Crippen molar-refractivity contribution in [3.63, 3.8) is 0 Å². The van der Waals surface area contributed by atoms with Gasteiger partial charge in [-0.3, -0.25) is 4.79 Å². The zero-order valence-corrected chi connectivity index (χ0v) is 9.27. The highest BCUT2D eigenvalue weighted by atomic mass is 19.1. The topological polar surface area (TPSA) is 34.0 Å². The number of hydrogen-bond acceptors (Lipinski definition) is 2. The minimum absolute atomic E-state index is 0.00717. The van der Waals surface area contributed by atoms with Crippen LogP contribution >= 0.6 is 0 Å². The van der Waals surface area contributed by atoms with E-state index >= 15 is 0 Å². The lowest BCUT2D eigenvalue weighted by Crippen LogP contribution is -2.11. The largest absolute Gasteiger partial charge is 0.383 e. The number of halogens is 1. The Bertz CT molecular complexity index is 513. The summed E-state index contributed by atoms with van der Waals surface area (Å²) in [5, 5.41) is 3.17. The molecule has 0 aliphatic heterocycles. The molecule has 1 heterocycles. The molecule has 1 aromatic carbocycles. The first-order valence-electron chi connectivity index (χ1n) is 5.39. The molecule has 0 saturated heterocycles. The van der Waals surface area contributed by atoms with Gasteiger partial charge in [-0.2, -0.15) is 0 Å². The van der Waals surface area contributed by atoms with E-state index in [2.05, 4.69) is 5.32 Å². The smallest absolute Gasteiger partial charge is 0.181 e. The number of aromatic nitrogens is 1. The van der Waals surface area contributed by atoms with Gasteiger partial charge in [0.25, 0.3) is 0 Å². The third-order valence-corrected chi connectivity index (χ3v) is 2.40. The second kappa shape index (κ2) is 5.30. The second-order valence-corrected chi connectivity index (χ2v) is 3.71. The van der Waals surface area contributed by atoms with E-state index in [0.717, 1.165) is 12.2 Å². The number of nitrogens with zero attached hydrogens (tertiary/aromatic N) is 1. The maximum Gasteiger partial charge on any atom is 0.181 e. The zero-order chi connectivity index (χ0) is 12.1. The van der Waals surface area contributed by atoms with Crippen molar-refractivity contribution in [2.45, 2.75) is 6.54 Å². The van der Waals surface area contributed by atoms with Crippen LogP contribution in [-0.2, 0) is 6.54 Å². The maximum absolute atomic E-state index is 12.7. The van der Waals surface area contributed by atoms with Crippen LogP contribution in [0, 0.1) is 5.82 Å². The van der Waals surface area contributed by atoms with Crippen molar-refractivity contribution in [3.8, 4) is 0 Å². The van der Waals surface area contributed by atoms with Crippen molar-refractivity contribution < 1.29 is 4.39 Å². The molecule has 0 fully saturated rings. The lowest BCUT2D eigenvalue weighted by Gasteiger charge is -2.08. The summed E-state index contributed by atoms with van der Waals surface area (Å²) in [7, 11) is 0. The van der Waals surface area contributed by atoms with E-state index < -0.39 is 0 Å². The first kappa shape index (κ1) is 11.4. The molecular weight excluding hydrogens is 219 g/mol. The van der Waals surface area contributed by atoms with Gasteiger partial charge < -0.3 is 9.88 Å². The third-order valence-electron chi connectivity index (χ3n) is 2.40. The molecule has 2 rings (SSSR count). The molecule has 1 aromatic heterocycles. The van der Waals surface area contributed by atoms with Crippen LogP contribution < -0.4 is 10.7 Å². The van der Waals surface area contributed by atoms with Crippen LogP contribution in [0.4, 0.5) is 10.1 Å². The summed E-state index contributed by atoms with van der Waals surface area (Å²) in [5.74, 6) is -0.240. The van der Waals surface area contributed by atoms with Crippen LogP contribution in [0.3, 0.4) is 0 Å². The van der Waals surface area contributed by atoms with E-state index in [1.54, 1.807) is 24.5 Å². The number of rotatable bonds is 4. The summed E-state index contributed by atoms with van der Waals surface area (Å²) >= 11 is 0. The van der Waals surface area contributed by atoms with E-state index in [-0.39, 0.29) is 11.2 Å². The molecule has 0 aliphatic rings. The number of nitrogens with one attached hydrogen (secondary N) is 1. The van der Waals surface area contributed by atoms with Crippen molar-refractivity contribution in [1.82, 2.24) is 4.57 Å². The van der Waals surface area contributed by atoms with Gasteiger partial charge in [0.15, 0.2) is 5.43 Å². The Morgan fingerprint density at radius 2 is 1.71 bits per heavy atom. The Balaban J connectivity index is 1.85. The molecule has 88 valence electrons. The Labute approximate surface area is 98.5 Å². The van der Waals surface area contributed by atoms with Crippen LogP contribution in [-0.4, -0.2) is 11.1 Å². The minimum atomic E-state index is -0.240. The maximum atomic E-state index is 12.7. The Hall–Kier alpha value is -2.10. The van der Waals surface area contributed by atoms with Gasteiger partial charge in [-0.05, 0) is 24.3 Å². The van der Waals surface area contributed by atoms with Gasteiger partial charge in [0.05, 0.1) is 0 Å². The molecule has 0 radical (unpaired) electrons. The lowest BCUT2D eigenvalue weighted by atomic mass is 10.3. The first-order valence-corrected chi connectivity index (χ1v) is 5.39. The molecule has 0 bridgehead atoms. The second-order valence-electron chi connectivity index (χ2n) is 3.71. The van der Waals surface area contributed by atoms with Crippen LogP contribution in [0.2, 0.25) is 0 Å². The van der Waals surface area contributed by atoms with Crippen LogP contribution in [0.15, 0.2) is 53.6 Å². The van der Waals surface area contributed by atoms with Gasteiger partial charge in [-0.25, -0.2) is 4.39 Å².